The van der Waals surface area contributed by atoms with Crippen molar-refractivity contribution in [1.82, 2.24) is 9.97 Å². The number of rotatable bonds is 5. The molecule has 1 aliphatic heterocycles. The van der Waals surface area contributed by atoms with E-state index in [1.807, 2.05) is 12.1 Å². The fourth-order valence-electron chi connectivity index (χ4n) is 1.78. The largest absolute Gasteiger partial charge is 0.454 e. The molecule has 1 N–H and O–H groups in total. The van der Waals surface area contributed by atoms with Crippen LogP contribution in [-0.4, -0.2) is 23.3 Å². The summed E-state index contributed by atoms with van der Waals surface area (Å²) >= 11 is 0. The first kappa shape index (κ1) is 12.5. The van der Waals surface area contributed by atoms with E-state index < -0.39 is 0 Å². The van der Waals surface area contributed by atoms with Crippen molar-refractivity contribution in [1.29, 1.82) is 0 Å². The Hall–Kier alpha value is -2.50. The van der Waals surface area contributed by atoms with Gasteiger partial charge in [0.05, 0.1) is 0 Å². The van der Waals surface area contributed by atoms with E-state index in [9.17, 15) is 0 Å². The zero-order chi connectivity index (χ0) is 13.8. The number of anilines is 1. The van der Waals surface area contributed by atoms with Gasteiger partial charge in [0.1, 0.15) is 5.75 Å². The molecule has 1 aromatic carbocycles. The fraction of sp³-hybridized carbons (Fsp3) is 0.286. The fourth-order valence-corrected chi connectivity index (χ4v) is 1.78. The maximum absolute atomic E-state index is 5.70. The van der Waals surface area contributed by atoms with Crippen molar-refractivity contribution in [2.45, 2.75) is 13.3 Å². The van der Waals surface area contributed by atoms with Crippen molar-refractivity contribution in [3.05, 3.63) is 30.5 Å². The van der Waals surface area contributed by atoms with Crippen molar-refractivity contribution in [3.63, 3.8) is 0 Å². The highest BCUT2D eigenvalue weighted by molar-refractivity contribution is 5.47. The number of ether oxygens (including phenoxy) is 3. The Morgan fingerprint density at radius 1 is 1.25 bits per heavy atom. The Morgan fingerprint density at radius 2 is 2.15 bits per heavy atom. The van der Waals surface area contributed by atoms with Gasteiger partial charge in [-0.1, -0.05) is 6.92 Å². The monoisotopic (exact) mass is 273 g/mol. The summed E-state index contributed by atoms with van der Waals surface area (Å²) in [5.41, 5.74) is 0. The summed E-state index contributed by atoms with van der Waals surface area (Å²) in [6.07, 6.45) is 2.67. The lowest BCUT2D eigenvalue weighted by Crippen LogP contribution is -2.04. The molecule has 0 spiro atoms. The molecule has 0 unspecified atom stereocenters. The quantitative estimate of drug-likeness (QED) is 0.903. The molecule has 2 heterocycles. The minimum atomic E-state index is 0.247. The maximum atomic E-state index is 5.70. The van der Waals surface area contributed by atoms with Gasteiger partial charge in [0, 0.05) is 24.9 Å². The van der Waals surface area contributed by atoms with Crippen LogP contribution in [-0.2, 0) is 0 Å². The van der Waals surface area contributed by atoms with Crippen LogP contribution in [0.5, 0.6) is 23.1 Å². The van der Waals surface area contributed by atoms with Gasteiger partial charge in [-0.3, -0.25) is 0 Å². The Morgan fingerprint density at radius 3 is 3.05 bits per heavy atom. The molecule has 104 valence electrons. The second kappa shape index (κ2) is 5.64. The molecule has 1 aliphatic rings. The minimum Gasteiger partial charge on any atom is -0.454 e. The van der Waals surface area contributed by atoms with E-state index in [1.54, 1.807) is 18.3 Å². The highest BCUT2D eigenvalue weighted by atomic mass is 16.7. The van der Waals surface area contributed by atoms with Gasteiger partial charge in [0.2, 0.25) is 18.6 Å². The summed E-state index contributed by atoms with van der Waals surface area (Å²) in [5, 5.41) is 3.12. The molecule has 0 atom stereocenters. The lowest BCUT2D eigenvalue weighted by molar-refractivity contribution is 0.174. The van der Waals surface area contributed by atoms with Crippen LogP contribution >= 0.6 is 0 Å². The van der Waals surface area contributed by atoms with Gasteiger partial charge in [0.25, 0.3) is 0 Å². The van der Waals surface area contributed by atoms with Crippen LogP contribution in [0, 0.1) is 0 Å². The second-order valence-corrected chi connectivity index (χ2v) is 4.26. The molecule has 20 heavy (non-hydrogen) atoms. The summed E-state index contributed by atoms with van der Waals surface area (Å²) in [7, 11) is 0. The summed E-state index contributed by atoms with van der Waals surface area (Å²) in [4.78, 5) is 8.41. The molecule has 0 aliphatic carbocycles. The van der Waals surface area contributed by atoms with Gasteiger partial charge >= 0.3 is 0 Å². The molecular formula is C14H15N3O3. The second-order valence-electron chi connectivity index (χ2n) is 4.26. The van der Waals surface area contributed by atoms with Gasteiger partial charge in [-0.2, -0.15) is 4.98 Å². The van der Waals surface area contributed by atoms with Gasteiger partial charge in [-0.05, 0) is 18.6 Å². The molecule has 2 aromatic rings. The number of fused-ring (bicyclic) bond motifs is 1. The third-order valence-corrected chi connectivity index (χ3v) is 2.73. The number of nitrogens with zero attached hydrogens (tertiary/aromatic N) is 2. The summed E-state index contributed by atoms with van der Waals surface area (Å²) < 4.78 is 16.3. The third-order valence-electron chi connectivity index (χ3n) is 2.73. The zero-order valence-electron chi connectivity index (χ0n) is 11.1. The molecule has 1 aromatic heterocycles. The standard InChI is InChI=1S/C14H15N3O3/c1-2-6-15-14-16-7-5-13(17-14)20-10-3-4-11-12(8-10)19-9-18-11/h3-5,7-8H,2,6,9H2,1H3,(H,15,16,17). The molecule has 3 rings (SSSR count). The Balaban J connectivity index is 1.74. The zero-order valence-corrected chi connectivity index (χ0v) is 11.1. The van der Waals surface area contributed by atoms with E-state index in [1.165, 1.54) is 0 Å². The van der Waals surface area contributed by atoms with Crippen LogP contribution in [0.3, 0.4) is 0 Å². The van der Waals surface area contributed by atoms with E-state index in [-0.39, 0.29) is 6.79 Å². The van der Waals surface area contributed by atoms with Crippen molar-refractivity contribution < 1.29 is 14.2 Å². The molecule has 0 saturated heterocycles. The Kier molecular flexibility index (Phi) is 3.54. The number of benzene rings is 1. The topological polar surface area (TPSA) is 65.5 Å². The predicted octanol–water partition coefficient (Wildman–Crippen LogP) is 2.82. The molecule has 0 saturated carbocycles. The van der Waals surface area contributed by atoms with Crippen LogP contribution in [0.1, 0.15) is 13.3 Å². The summed E-state index contributed by atoms with van der Waals surface area (Å²) in [6, 6.07) is 7.12. The average Bonchev–Trinajstić information content (AvgIpc) is 2.93. The average molecular weight is 273 g/mol. The van der Waals surface area contributed by atoms with Crippen molar-refractivity contribution in [3.8, 4) is 23.1 Å². The number of nitrogens with one attached hydrogen (secondary N) is 1. The van der Waals surface area contributed by atoms with Crippen LogP contribution in [0.25, 0.3) is 0 Å². The highest BCUT2D eigenvalue weighted by Crippen LogP contribution is 2.36. The molecule has 0 amide bonds. The Labute approximate surface area is 116 Å². The molecule has 0 fully saturated rings. The lowest BCUT2D eigenvalue weighted by Gasteiger charge is -2.07. The van der Waals surface area contributed by atoms with E-state index in [4.69, 9.17) is 14.2 Å². The van der Waals surface area contributed by atoms with Gasteiger partial charge in [-0.15, -0.1) is 0 Å². The first-order valence-electron chi connectivity index (χ1n) is 6.49. The Bertz CT molecular complexity index is 604. The number of hydrogen-bond donors (Lipinski definition) is 1. The third kappa shape index (κ3) is 2.74. The first-order chi connectivity index (χ1) is 9.85. The molecule has 6 heteroatoms. The molecular weight excluding hydrogens is 258 g/mol. The summed E-state index contributed by atoms with van der Waals surface area (Å²) in [6.45, 7) is 3.16. The van der Waals surface area contributed by atoms with E-state index in [0.29, 0.717) is 23.3 Å². The van der Waals surface area contributed by atoms with E-state index in [0.717, 1.165) is 18.7 Å². The van der Waals surface area contributed by atoms with Crippen LogP contribution < -0.4 is 19.5 Å². The van der Waals surface area contributed by atoms with Gasteiger partial charge < -0.3 is 19.5 Å². The van der Waals surface area contributed by atoms with Gasteiger partial charge in [0.15, 0.2) is 11.5 Å². The number of aromatic nitrogens is 2. The number of hydrogen-bond acceptors (Lipinski definition) is 6. The normalized spacial score (nSPS) is 12.2. The SMILES string of the molecule is CCCNc1nccc(Oc2ccc3c(c2)OCO3)n1. The minimum absolute atomic E-state index is 0.247. The predicted molar refractivity (Wildman–Crippen MR) is 73.5 cm³/mol. The van der Waals surface area contributed by atoms with Crippen LogP contribution in [0.4, 0.5) is 5.95 Å². The highest BCUT2D eigenvalue weighted by Gasteiger charge is 2.14. The van der Waals surface area contributed by atoms with Crippen molar-refractivity contribution >= 4 is 5.95 Å². The molecule has 0 bridgehead atoms. The van der Waals surface area contributed by atoms with E-state index in [2.05, 4.69) is 22.2 Å². The van der Waals surface area contributed by atoms with Crippen LogP contribution in [0.2, 0.25) is 0 Å². The smallest absolute Gasteiger partial charge is 0.231 e. The maximum Gasteiger partial charge on any atom is 0.231 e. The summed E-state index contributed by atoms with van der Waals surface area (Å²) in [5.74, 6) is 3.10. The van der Waals surface area contributed by atoms with E-state index >= 15 is 0 Å². The van der Waals surface area contributed by atoms with Crippen molar-refractivity contribution in [2.75, 3.05) is 18.7 Å². The lowest BCUT2D eigenvalue weighted by atomic mass is 10.3. The molecule has 6 nitrogen and oxygen atoms in total. The van der Waals surface area contributed by atoms with Crippen molar-refractivity contribution in [2.24, 2.45) is 0 Å². The van der Waals surface area contributed by atoms with Crippen LogP contribution in [0.15, 0.2) is 30.5 Å². The van der Waals surface area contributed by atoms with Gasteiger partial charge in [-0.25, -0.2) is 4.98 Å². The molecule has 0 radical (unpaired) electrons. The first-order valence-corrected chi connectivity index (χ1v) is 6.49.